The van der Waals surface area contributed by atoms with Gasteiger partial charge in [-0.2, -0.15) is 5.26 Å². The number of nitrogens with one attached hydrogen (secondary N) is 2. The number of carbonyl (C=O) groups excluding carboxylic acids is 5. The van der Waals surface area contributed by atoms with E-state index in [1.54, 1.807) is 36.4 Å². The third-order valence-electron chi connectivity index (χ3n) is 14.5. The maximum absolute atomic E-state index is 15.9. The van der Waals surface area contributed by atoms with E-state index in [1.165, 1.54) is 6.07 Å². The summed E-state index contributed by atoms with van der Waals surface area (Å²) in [6.45, 7) is 17.3. The molecule has 3 unspecified atom stereocenters. The van der Waals surface area contributed by atoms with Gasteiger partial charge in [0.1, 0.15) is 29.8 Å². The van der Waals surface area contributed by atoms with Crippen LogP contribution in [-0.2, 0) is 9.59 Å². The highest BCUT2D eigenvalue weighted by molar-refractivity contribution is 6.23. The van der Waals surface area contributed by atoms with Crippen LogP contribution in [-0.4, -0.2) is 110 Å². The molecular formula is C48H51FN8O6. The topological polar surface area (TPSA) is 168 Å². The standard InChI is InChI=1S/C48H51FN8O6/c1-6-33-39-37(13-8-29(25-50)40(39)51-5)63-46-47(2,3)45(48(33,46)4)53-41(59)28-7-11-35(34(49)23-28)56-17-15-27(16-18-56)26-54-19-21-55(22-20-54)30-9-10-31-32(24-30)44(62)57(43(31)61)36-12-14-38(58)52-42(36)60/h6-11,13,23-24,27,36,45-46H,5,12,14-22,26H2,1-4H3,(H,53,59)(H,52,58,60)/b33-6+/t36?,45?,46-,48?/m0/s1. The largest absolute Gasteiger partial charge is 0.488 e. The Balaban J connectivity index is 0.782. The summed E-state index contributed by atoms with van der Waals surface area (Å²) in [5.74, 6) is -1.80. The van der Waals surface area contributed by atoms with Crippen LogP contribution >= 0.6 is 0 Å². The summed E-state index contributed by atoms with van der Waals surface area (Å²) < 4.78 is 22.4. The van der Waals surface area contributed by atoms with Crippen LogP contribution in [0.25, 0.3) is 5.57 Å². The number of ether oxygens (including phenoxy) is 1. The van der Waals surface area contributed by atoms with Crippen molar-refractivity contribution in [1.29, 1.82) is 5.26 Å². The van der Waals surface area contributed by atoms with Crippen molar-refractivity contribution in [2.45, 2.75) is 71.6 Å². The Morgan fingerprint density at radius 1 is 0.968 bits per heavy atom. The maximum atomic E-state index is 15.9. The fourth-order valence-corrected chi connectivity index (χ4v) is 11.4. The SMILES string of the molecule is C=Nc1c(C#N)ccc2c1/C(=C\C)C1(C)C(NC(=O)c3ccc(N4CCC(CN5CCN(c6ccc7c(c6)C(=O)N(C6CCC(=O)NC6=O)C7=O)CC5)CC4)c(F)c3)C(C)(C)[C@@H]1O2. The minimum absolute atomic E-state index is 0.0729. The lowest BCUT2D eigenvalue weighted by atomic mass is 9.44. The highest BCUT2D eigenvalue weighted by Crippen LogP contribution is 2.66. The molecule has 0 aromatic heterocycles. The number of imide groups is 2. The normalized spacial score (nSPS) is 26.3. The van der Waals surface area contributed by atoms with E-state index in [1.807, 2.05) is 19.1 Å². The van der Waals surface area contributed by atoms with Gasteiger partial charge in [0.25, 0.3) is 17.7 Å². The summed E-state index contributed by atoms with van der Waals surface area (Å²) in [7, 11) is 0. The van der Waals surface area contributed by atoms with Gasteiger partial charge in [-0.25, -0.2) is 4.39 Å². The molecule has 4 atom stereocenters. The molecule has 3 aromatic rings. The third-order valence-corrected chi connectivity index (χ3v) is 14.5. The van der Waals surface area contributed by atoms with Crippen LogP contribution in [0.2, 0.25) is 0 Å². The van der Waals surface area contributed by atoms with E-state index in [9.17, 15) is 29.2 Å². The van der Waals surface area contributed by atoms with E-state index < -0.39 is 46.3 Å². The number of nitriles is 1. The summed E-state index contributed by atoms with van der Waals surface area (Å²) >= 11 is 0. The van der Waals surface area contributed by atoms with E-state index in [0.717, 1.165) is 61.7 Å². The Kier molecular flexibility index (Phi) is 10.5. The number of anilines is 2. The number of piperazine rings is 1. The van der Waals surface area contributed by atoms with Crippen LogP contribution in [0, 0.1) is 33.9 Å². The fraction of sp³-hybridized carbons (Fsp3) is 0.438. The average molecular weight is 855 g/mol. The lowest BCUT2D eigenvalue weighted by Gasteiger charge is -2.67. The number of rotatable bonds is 8. The van der Waals surface area contributed by atoms with Crippen molar-refractivity contribution >= 4 is 58.9 Å². The average Bonchev–Trinajstić information content (AvgIpc) is 3.52. The van der Waals surface area contributed by atoms with Gasteiger partial charge < -0.3 is 19.9 Å². The first-order chi connectivity index (χ1) is 30.2. The van der Waals surface area contributed by atoms with Gasteiger partial charge in [-0.1, -0.05) is 19.9 Å². The summed E-state index contributed by atoms with van der Waals surface area (Å²) in [5.41, 5.74) is 3.45. The molecule has 6 aliphatic rings. The molecule has 1 saturated carbocycles. The van der Waals surface area contributed by atoms with E-state index in [0.29, 0.717) is 47.3 Å². The molecular weight excluding hydrogens is 804 g/mol. The number of piperidine rings is 2. The molecule has 63 heavy (non-hydrogen) atoms. The molecule has 326 valence electrons. The molecule has 0 spiro atoms. The Morgan fingerprint density at radius 2 is 1.70 bits per heavy atom. The van der Waals surface area contributed by atoms with Gasteiger partial charge in [0.05, 0.1) is 39.5 Å². The highest BCUT2D eigenvalue weighted by atomic mass is 19.1. The summed E-state index contributed by atoms with van der Waals surface area (Å²) in [6.07, 6.45) is 3.72. The van der Waals surface area contributed by atoms with Gasteiger partial charge in [0.15, 0.2) is 0 Å². The molecule has 3 aromatic carbocycles. The molecule has 14 nitrogen and oxygen atoms in total. The lowest BCUT2D eigenvalue weighted by Crippen LogP contribution is -2.76. The van der Waals surface area contributed by atoms with E-state index in [2.05, 4.69) is 63.9 Å². The Hall–Kier alpha value is -6.40. The first-order valence-corrected chi connectivity index (χ1v) is 21.8. The van der Waals surface area contributed by atoms with Gasteiger partial charge in [0.2, 0.25) is 11.8 Å². The zero-order valence-electron chi connectivity index (χ0n) is 36.0. The van der Waals surface area contributed by atoms with Crippen LogP contribution in [0.3, 0.4) is 0 Å². The molecule has 9 rings (SSSR count). The number of halogens is 1. The quantitative estimate of drug-likeness (QED) is 0.219. The second-order valence-electron chi connectivity index (χ2n) is 18.4. The highest BCUT2D eigenvalue weighted by Gasteiger charge is 2.70. The number of allylic oxidation sites excluding steroid dienone is 1. The summed E-state index contributed by atoms with van der Waals surface area (Å²) in [4.78, 5) is 76.4. The third kappa shape index (κ3) is 6.77. The number of aliphatic imine (C=N–C) groups is 1. The Morgan fingerprint density at radius 3 is 2.37 bits per heavy atom. The molecule has 2 N–H and O–H groups in total. The number of hydrogen-bond donors (Lipinski definition) is 2. The maximum Gasteiger partial charge on any atom is 0.262 e. The molecule has 0 bridgehead atoms. The zero-order chi connectivity index (χ0) is 44.5. The first-order valence-electron chi connectivity index (χ1n) is 21.8. The number of fused-ring (bicyclic) bond motifs is 3. The van der Waals surface area contributed by atoms with Gasteiger partial charge >= 0.3 is 0 Å². The van der Waals surface area contributed by atoms with E-state index in [-0.39, 0.29) is 47.6 Å². The number of benzene rings is 3. The molecule has 4 fully saturated rings. The molecule has 15 heteroatoms. The van der Waals surface area contributed by atoms with Crippen LogP contribution in [0.5, 0.6) is 5.75 Å². The molecule has 3 saturated heterocycles. The van der Waals surface area contributed by atoms with Crippen LogP contribution in [0.4, 0.5) is 21.5 Å². The Bertz CT molecular complexity index is 2550. The molecule has 5 heterocycles. The van der Waals surface area contributed by atoms with Gasteiger partial charge in [-0.3, -0.25) is 44.1 Å². The number of carbonyl (C=O) groups is 5. The zero-order valence-corrected chi connectivity index (χ0v) is 36.0. The van der Waals surface area contributed by atoms with E-state index >= 15 is 4.39 Å². The molecule has 5 aliphatic heterocycles. The Labute approximate surface area is 365 Å². The van der Waals surface area contributed by atoms with Crippen molar-refractivity contribution in [1.82, 2.24) is 20.4 Å². The van der Waals surface area contributed by atoms with Crippen molar-refractivity contribution < 1.29 is 33.1 Å². The monoisotopic (exact) mass is 854 g/mol. The van der Waals surface area contributed by atoms with Crippen LogP contribution in [0.1, 0.15) is 95.6 Å². The number of hydrogen-bond acceptors (Lipinski definition) is 11. The van der Waals surface area contributed by atoms with Crippen molar-refractivity contribution in [3.8, 4) is 11.8 Å². The molecule has 0 radical (unpaired) electrons. The number of amides is 5. The summed E-state index contributed by atoms with van der Waals surface area (Å²) in [6, 6.07) is 14.3. The fourth-order valence-electron chi connectivity index (χ4n) is 11.4. The van der Waals surface area contributed by atoms with Gasteiger partial charge in [-0.05, 0) is 99.8 Å². The van der Waals surface area contributed by atoms with Crippen molar-refractivity contribution in [2.75, 3.05) is 55.6 Å². The second kappa shape index (κ2) is 15.7. The number of nitrogens with zero attached hydrogens (tertiary/aromatic N) is 6. The van der Waals surface area contributed by atoms with Crippen LogP contribution in [0.15, 0.2) is 59.6 Å². The van der Waals surface area contributed by atoms with Gasteiger partial charge in [0, 0.05) is 74.5 Å². The van der Waals surface area contributed by atoms with Gasteiger partial charge in [-0.15, -0.1) is 0 Å². The van der Waals surface area contributed by atoms with E-state index in [4.69, 9.17) is 4.74 Å². The lowest BCUT2D eigenvalue weighted by molar-refractivity contribution is -0.148. The van der Waals surface area contributed by atoms with Crippen LogP contribution < -0.4 is 25.2 Å². The minimum atomic E-state index is -0.998. The molecule has 5 amide bonds. The van der Waals surface area contributed by atoms with Crippen molar-refractivity contribution in [2.24, 2.45) is 21.7 Å². The van der Waals surface area contributed by atoms with Crippen molar-refractivity contribution in [3.63, 3.8) is 0 Å². The molecule has 1 aliphatic carbocycles. The minimum Gasteiger partial charge on any atom is -0.488 e. The van der Waals surface area contributed by atoms with Crippen molar-refractivity contribution in [3.05, 3.63) is 88.2 Å². The predicted octanol–water partition coefficient (Wildman–Crippen LogP) is 5.48. The summed E-state index contributed by atoms with van der Waals surface area (Å²) in [5, 5.41) is 15.2. The first kappa shape index (κ1) is 41.9. The second-order valence-corrected chi connectivity index (χ2v) is 18.4. The predicted molar refractivity (Wildman–Crippen MR) is 235 cm³/mol. The smallest absolute Gasteiger partial charge is 0.262 e.